The number of hydrogen-bond acceptors (Lipinski definition) is 2. The minimum atomic E-state index is 0.316. The maximum atomic E-state index is 5.68. The van der Waals surface area contributed by atoms with E-state index in [2.05, 4.69) is 66.4 Å². The third kappa shape index (κ3) is 2.64. The summed E-state index contributed by atoms with van der Waals surface area (Å²) in [5.74, 6) is 0. The van der Waals surface area contributed by atoms with Crippen LogP contribution in [0, 0.1) is 6.92 Å². The molecule has 0 saturated carbocycles. The number of rotatable bonds is 2. The Labute approximate surface area is 114 Å². The molecule has 1 heterocycles. The van der Waals surface area contributed by atoms with Crippen molar-refractivity contribution in [1.82, 2.24) is 0 Å². The van der Waals surface area contributed by atoms with Crippen LogP contribution in [0.1, 0.15) is 17.2 Å². The predicted molar refractivity (Wildman–Crippen MR) is 78.5 cm³/mol. The van der Waals surface area contributed by atoms with E-state index < -0.39 is 0 Å². The van der Waals surface area contributed by atoms with Crippen LogP contribution in [0.2, 0.25) is 0 Å². The van der Waals surface area contributed by atoms with Gasteiger partial charge in [0.1, 0.15) is 0 Å². The number of hydrogen-bond donors (Lipinski definition) is 0. The standard InChI is InChI=1S/C17H19NO/c1-14-7-9-15(10-8-14)17-13-19-12-11-18(17)16-5-3-2-4-6-16/h2-10,17H,11-13H2,1H3. The molecule has 1 fully saturated rings. The monoisotopic (exact) mass is 253 g/mol. The van der Waals surface area contributed by atoms with E-state index in [4.69, 9.17) is 4.74 Å². The Morgan fingerprint density at radius 1 is 1.00 bits per heavy atom. The minimum Gasteiger partial charge on any atom is -0.377 e. The third-order valence-corrected chi connectivity index (χ3v) is 3.68. The van der Waals surface area contributed by atoms with Crippen molar-refractivity contribution in [3.8, 4) is 0 Å². The summed E-state index contributed by atoms with van der Waals surface area (Å²) >= 11 is 0. The second kappa shape index (κ2) is 5.45. The fourth-order valence-electron chi connectivity index (χ4n) is 2.60. The van der Waals surface area contributed by atoms with Gasteiger partial charge in [0.2, 0.25) is 0 Å². The molecule has 3 rings (SSSR count). The Morgan fingerprint density at radius 3 is 2.47 bits per heavy atom. The van der Waals surface area contributed by atoms with Crippen molar-refractivity contribution in [3.63, 3.8) is 0 Å². The topological polar surface area (TPSA) is 12.5 Å². The van der Waals surface area contributed by atoms with Gasteiger partial charge in [-0.15, -0.1) is 0 Å². The summed E-state index contributed by atoms with van der Waals surface area (Å²) in [6.07, 6.45) is 0. The molecule has 1 saturated heterocycles. The van der Waals surface area contributed by atoms with Crippen LogP contribution in [0.15, 0.2) is 54.6 Å². The summed E-state index contributed by atoms with van der Waals surface area (Å²) in [6.45, 7) is 4.63. The van der Waals surface area contributed by atoms with Crippen molar-refractivity contribution in [3.05, 3.63) is 65.7 Å². The molecule has 19 heavy (non-hydrogen) atoms. The molecule has 2 aromatic rings. The van der Waals surface area contributed by atoms with Crippen LogP contribution in [0.3, 0.4) is 0 Å². The Morgan fingerprint density at radius 2 is 1.74 bits per heavy atom. The highest BCUT2D eigenvalue weighted by Crippen LogP contribution is 2.29. The molecule has 1 unspecified atom stereocenters. The van der Waals surface area contributed by atoms with Gasteiger partial charge in [-0.05, 0) is 24.6 Å². The lowest BCUT2D eigenvalue weighted by Crippen LogP contribution is -2.39. The van der Waals surface area contributed by atoms with Gasteiger partial charge in [-0.3, -0.25) is 0 Å². The van der Waals surface area contributed by atoms with E-state index in [1.54, 1.807) is 0 Å². The highest BCUT2D eigenvalue weighted by molar-refractivity contribution is 5.49. The summed E-state index contributed by atoms with van der Waals surface area (Å²) in [5.41, 5.74) is 3.90. The van der Waals surface area contributed by atoms with Crippen LogP contribution in [0.25, 0.3) is 0 Å². The molecular weight excluding hydrogens is 234 g/mol. The lowest BCUT2D eigenvalue weighted by atomic mass is 10.0. The van der Waals surface area contributed by atoms with E-state index >= 15 is 0 Å². The maximum Gasteiger partial charge on any atom is 0.0777 e. The van der Waals surface area contributed by atoms with Crippen LogP contribution in [-0.2, 0) is 4.74 Å². The molecule has 0 radical (unpaired) electrons. The second-order valence-corrected chi connectivity index (χ2v) is 5.03. The lowest BCUT2D eigenvalue weighted by molar-refractivity contribution is 0.0941. The van der Waals surface area contributed by atoms with Crippen molar-refractivity contribution in [2.75, 3.05) is 24.7 Å². The molecule has 0 bridgehead atoms. The van der Waals surface area contributed by atoms with Gasteiger partial charge in [-0.2, -0.15) is 0 Å². The van der Waals surface area contributed by atoms with E-state index in [1.807, 2.05) is 0 Å². The van der Waals surface area contributed by atoms with Gasteiger partial charge < -0.3 is 9.64 Å². The van der Waals surface area contributed by atoms with E-state index in [0.29, 0.717) is 6.04 Å². The van der Waals surface area contributed by atoms with Crippen LogP contribution in [-0.4, -0.2) is 19.8 Å². The molecule has 1 atom stereocenters. The SMILES string of the molecule is Cc1ccc(C2COCCN2c2ccccc2)cc1. The van der Waals surface area contributed by atoms with E-state index in [9.17, 15) is 0 Å². The molecule has 1 aliphatic heterocycles. The number of ether oxygens (including phenoxy) is 1. The van der Waals surface area contributed by atoms with Crippen molar-refractivity contribution in [1.29, 1.82) is 0 Å². The summed E-state index contributed by atoms with van der Waals surface area (Å²) in [7, 11) is 0. The van der Waals surface area contributed by atoms with E-state index in [0.717, 1.165) is 19.8 Å². The van der Waals surface area contributed by atoms with Crippen molar-refractivity contribution < 1.29 is 4.74 Å². The summed E-state index contributed by atoms with van der Waals surface area (Å²) in [4.78, 5) is 2.44. The number of morpholine rings is 1. The molecule has 0 spiro atoms. The highest BCUT2D eigenvalue weighted by Gasteiger charge is 2.24. The molecule has 2 nitrogen and oxygen atoms in total. The van der Waals surface area contributed by atoms with Crippen LogP contribution < -0.4 is 4.90 Å². The molecule has 0 amide bonds. The van der Waals surface area contributed by atoms with Crippen LogP contribution >= 0.6 is 0 Å². The fraction of sp³-hybridized carbons (Fsp3) is 0.294. The van der Waals surface area contributed by atoms with Crippen molar-refractivity contribution >= 4 is 5.69 Å². The second-order valence-electron chi connectivity index (χ2n) is 5.03. The average Bonchev–Trinajstić information content (AvgIpc) is 2.49. The number of anilines is 1. The number of para-hydroxylation sites is 1. The summed E-state index contributed by atoms with van der Waals surface area (Å²) < 4.78 is 5.68. The van der Waals surface area contributed by atoms with Gasteiger partial charge in [0.25, 0.3) is 0 Å². The fourth-order valence-corrected chi connectivity index (χ4v) is 2.60. The average molecular weight is 253 g/mol. The molecular formula is C17H19NO. The highest BCUT2D eigenvalue weighted by atomic mass is 16.5. The van der Waals surface area contributed by atoms with Gasteiger partial charge in [0.15, 0.2) is 0 Å². The quantitative estimate of drug-likeness (QED) is 0.811. The molecule has 98 valence electrons. The van der Waals surface area contributed by atoms with Gasteiger partial charge in [0.05, 0.1) is 19.3 Å². The molecule has 2 heteroatoms. The Bertz CT molecular complexity index is 521. The van der Waals surface area contributed by atoms with Gasteiger partial charge in [-0.1, -0.05) is 48.0 Å². The van der Waals surface area contributed by atoms with Crippen LogP contribution in [0.4, 0.5) is 5.69 Å². The predicted octanol–water partition coefficient (Wildman–Crippen LogP) is 3.57. The first kappa shape index (κ1) is 12.2. The molecule has 0 aliphatic carbocycles. The largest absolute Gasteiger partial charge is 0.377 e. The maximum absolute atomic E-state index is 5.68. The number of nitrogens with zero attached hydrogens (tertiary/aromatic N) is 1. The Balaban J connectivity index is 1.91. The first-order valence-electron chi connectivity index (χ1n) is 6.80. The summed E-state index contributed by atoms with van der Waals surface area (Å²) in [5, 5.41) is 0. The molecule has 0 aromatic heterocycles. The van der Waals surface area contributed by atoms with Gasteiger partial charge >= 0.3 is 0 Å². The van der Waals surface area contributed by atoms with Crippen molar-refractivity contribution in [2.45, 2.75) is 13.0 Å². The van der Waals surface area contributed by atoms with E-state index in [-0.39, 0.29) is 0 Å². The number of aryl methyl sites for hydroxylation is 1. The zero-order valence-electron chi connectivity index (χ0n) is 11.3. The third-order valence-electron chi connectivity index (χ3n) is 3.68. The van der Waals surface area contributed by atoms with E-state index in [1.165, 1.54) is 16.8 Å². The first-order valence-corrected chi connectivity index (χ1v) is 6.80. The number of benzene rings is 2. The van der Waals surface area contributed by atoms with Crippen molar-refractivity contribution in [2.24, 2.45) is 0 Å². The zero-order chi connectivity index (χ0) is 13.1. The first-order chi connectivity index (χ1) is 9.34. The smallest absolute Gasteiger partial charge is 0.0777 e. The Kier molecular flexibility index (Phi) is 3.51. The molecule has 1 aliphatic rings. The normalized spacial score (nSPS) is 19.4. The zero-order valence-corrected chi connectivity index (χ0v) is 11.3. The lowest BCUT2D eigenvalue weighted by Gasteiger charge is -2.37. The van der Waals surface area contributed by atoms with Crippen LogP contribution in [0.5, 0.6) is 0 Å². The van der Waals surface area contributed by atoms with Gasteiger partial charge in [0, 0.05) is 12.2 Å². The minimum absolute atomic E-state index is 0.316. The Hall–Kier alpha value is -1.80. The molecule has 2 aromatic carbocycles. The summed E-state index contributed by atoms with van der Waals surface area (Å²) in [6, 6.07) is 19.7. The molecule has 0 N–H and O–H groups in total. The van der Waals surface area contributed by atoms with Gasteiger partial charge in [-0.25, -0.2) is 0 Å².